The molecule has 0 saturated carbocycles. The molecule has 7 nitrogen and oxygen atoms in total. The molecule has 1 amide bonds. The zero-order valence-corrected chi connectivity index (χ0v) is 15.3. The van der Waals surface area contributed by atoms with E-state index in [2.05, 4.69) is 30.4 Å². The Balaban J connectivity index is 1.30. The highest BCUT2D eigenvalue weighted by molar-refractivity contribution is 6.04. The lowest BCUT2D eigenvalue weighted by atomic mass is 10.2. The third kappa shape index (κ3) is 3.11. The summed E-state index contributed by atoms with van der Waals surface area (Å²) in [7, 11) is 0. The second-order valence-electron chi connectivity index (χ2n) is 6.96. The maximum atomic E-state index is 12.5. The second-order valence-corrected chi connectivity index (χ2v) is 6.96. The smallest absolute Gasteiger partial charge is 0.256 e. The molecular formula is C21H20N6O. The van der Waals surface area contributed by atoms with E-state index >= 15 is 0 Å². The first-order valence-corrected chi connectivity index (χ1v) is 9.43. The molecule has 0 spiro atoms. The molecule has 4 aromatic rings. The molecule has 2 aromatic heterocycles. The maximum absolute atomic E-state index is 12.5. The first-order chi connectivity index (χ1) is 13.8. The molecule has 0 aliphatic carbocycles. The summed E-state index contributed by atoms with van der Waals surface area (Å²) in [6, 6.07) is 17.3. The summed E-state index contributed by atoms with van der Waals surface area (Å²) in [4.78, 5) is 22.7. The minimum absolute atomic E-state index is 0.185. The summed E-state index contributed by atoms with van der Waals surface area (Å²) in [5.74, 6) is 0.962. The van der Waals surface area contributed by atoms with Gasteiger partial charge in [0.25, 0.3) is 5.91 Å². The van der Waals surface area contributed by atoms with Gasteiger partial charge in [0.15, 0.2) is 11.6 Å². The predicted molar refractivity (Wildman–Crippen MR) is 110 cm³/mol. The van der Waals surface area contributed by atoms with Crippen molar-refractivity contribution in [2.45, 2.75) is 12.8 Å². The highest BCUT2D eigenvalue weighted by Gasteiger charge is 2.14. The monoisotopic (exact) mass is 372 g/mol. The molecule has 0 radical (unpaired) electrons. The zero-order chi connectivity index (χ0) is 18.9. The van der Waals surface area contributed by atoms with Crippen LogP contribution in [-0.4, -0.2) is 39.2 Å². The Bertz CT molecular complexity index is 1090. The number of anilines is 2. The van der Waals surface area contributed by atoms with Crippen molar-refractivity contribution in [2.24, 2.45) is 0 Å². The van der Waals surface area contributed by atoms with E-state index < -0.39 is 0 Å². The van der Waals surface area contributed by atoms with Gasteiger partial charge >= 0.3 is 0 Å². The Kier molecular flexibility index (Phi) is 4.05. The van der Waals surface area contributed by atoms with Crippen LogP contribution in [0.1, 0.15) is 23.2 Å². The molecule has 0 bridgehead atoms. The van der Waals surface area contributed by atoms with Gasteiger partial charge in [-0.1, -0.05) is 12.1 Å². The molecule has 140 valence electrons. The topological polar surface area (TPSA) is 89.7 Å². The standard InChI is InChI=1S/C21H20N6O/c28-21(14-7-9-15(10-8-14)27-11-3-4-12-27)24-19-13-18(25-26-19)20-22-16-5-1-2-6-17(16)23-20/h1-2,5-10,13H,3-4,11-12H2,(H,22,23)(H2,24,25,26,28). The number of benzene rings is 2. The Morgan fingerprint density at radius 2 is 1.82 bits per heavy atom. The molecular weight excluding hydrogens is 352 g/mol. The Morgan fingerprint density at radius 1 is 1.04 bits per heavy atom. The summed E-state index contributed by atoms with van der Waals surface area (Å²) in [5, 5.41) is 9.94. The lowest BCUT2D eigenvalue weighted by Gasteiger charge is -2.17. The van der Waals surface area contributed by atoms with Crippen molar-refractivity contribution in [1.29, 1.82) is 0 Å². The highest BCUT2D eigenvalue weighted by Crippen LogP contribution is 2.22. The predicted octanol–water partition coefficient (Wildman–Crippen LogP) is 3.81. The Morgan fingerprint density at radius 3 is 2.61 bits per heavy atom. The molecule has 1 aliphatic rings. The lowest BCUT2D eigenvalue weighted by Crippen LogP contribution is -2.18. The number of imidazole rings is 1. The van der Waals surface area contributed by atoms with Crippen molar-refractivity contribution in [1.82, 2.24) is 20.2 Å². The third-order valence-corrected chi connectivity index (χ3v) is 5.06. The van der Waals surface area contributed by atoms with Crippen LogP contribution in [0.3, 0.4) is 0 Å². The van der Waals surface area contributed by atoms with Crippen molar-refractivity contribution < 1.29 is 4.79 Å². The van der Waals surface area contributed by atoms with Crippen molar-refractivity contribution in [3.8, 4) is 11.5 Å². The fourth-order valence-corrected chi connectivity index (χ4v) is 3.57. The first-order valence-electron chi connectivity index (χ1n) is 9.43. The van der Waals surface area contributed by atoms with E-state index in [0.29, 0.717) is 17.2 Å². The molecule has 1 fully saturated rings. The Labute approximate surface area is 161 Å². The Hall–Kier alpha value is -3.61. The number of aromatic amines is 2. The lowest BCUT2D eigenvalue weighted by molar-refractivity contribution is 0.102. The van der Waals surface area contributed by atoms with Crippen LogP contribution >= 0.6 is 0 Å². The van der Waals surface area contributed by atoms with Crippen LogP contribution < -0.4 is 10.2 Å². The number of carbonyl (C=O) groups is 1. The largest absolute Gasteiger partial charge is 0.372 e. The van der Waals surface area contributed by atoms with Crippen molar-refractivity contribution >= 4 is 28.4 Å². The number of H-pyrrole nitrogens is 2. The molecule has 3 heterocycles. The molecule has 2 aromatic carbocycles. The van der Waals surface area contributed by atoms with Gasteiger partial charge < -0.3 is 15.2 Å². The van der Waals surface area contributed by atoms with Gasteiger partial charge in [0.1, 0.15) is 5.69 Å². The average Bonchev–Trinajstić information content (AvgIpc) is 3.47. The number of nitrogens with one attached hydrogen (secondary N) is 3. The molecule has 0 unspecified atom stereocenters. The van der Waals surface area contributed by atoms with Gasteiger partial charge in [0, 0.05) is 30.4 Å². The summed E-state index contributed by atoms with van der Waals surface area (Å²) in [5.41, 5.74) is 4.33. The van der Waals surface area contributed by atoms with Crippen LogP contribution in [0.15, 0.2) is 54.6 Å². The van der Waals surface area contributed by atoms with Gasteiger partial charge in [-0.3, -0.25) is 9.89 Å². The fraction of sp³-hybridized carbons (Fsp3) is 0.190. The minimum atomic E-state index is -0.185. The molecule has 28 heavy (non-hydrogen) atoms. The van der Waals surface area contributed by atoms with Crippen LogP contribution in [0.5, 0.6) is 0 Å². The highest BCUT2D eigenvalue weighted by atomic mass is 16.1. The number of aromatic nitrogens is 4. The van der Waals surface area contributed by atoms with E-state index in [4.69, 9.17) is 0 Å². The minimum Gasteiger partial charge on any atom is -0.372 e. The first kappa shape index (κ1) is 16.6. The molecule has 7 heteroatoms. The van der Waals surface area contributed by atoms with Crippen LogP contribution in [0.25, 0.3) is 22.6 Å². The number of hydrogen-bond donors (Lipinski definition) is 3. The summed E-state index contributed by atoms with van der Waals surface area (Å²) >= 11 is 0. The average molecular weight is 372 g/mol. The number of rotatable bonds is 4. The third-order valence-electron chi connectivity index (χ3n) is 5.06. The van der Waals surface area contributed by atoms with Crippen molar-refractivity contribution in [2.75, 3.05) is 23.3 Å². The van der Waals surface area contributed by atoms with Crippen LogP contribution in [0.4, 0.5) is 11.5 Å². The van der Waals surface area contributed by atoms with Crippen molar-refractivity contribution in [3.63, 3.8) is 0 Å². The number of nitrogens with zero attached hydrogens (tertiary/aromatic N) is 3. The fourth-order valence-electron chi connectivity index (χ4n) is 3.57. The number of amides is 1. The second kappa shape index (κ2) is 6.84. The molecule has 5 rings (SSSR count). The van der Waals surface area contributed by atoms with E-state index in [-0.39, 0.29) is 5.91 Å². The van der Waals surface area contributed by atoms with Crippen LogP contribution in [0, 0.1) is 0 Å². The van der Waals surface area contributed by atoms with Gasteiger partial charge in [-0.2, -0.15) is 5.10 Å². The van der Waals surface area contributed by atoms with E-state index in [0.717, 1.165) is 29.8 Å². The van der Waals surface area contributed by atoms with E-state index in [1.54, 1.807) is 6.07 Å². The normalized spacial score (nSPS) is 13.9. The quantitative estimate of drug-likeness (QED) is 0.508. The van der Waals surface area contributed by atoms with E-state index in [1.165, 1.54) is 18.5 Å². The van der Waals surface area contributed by atoms with Gasteiger partial charge in [-0.25, -0.2) is 4.98 Å². The molecule has 3 N–H and O–H groups in total. The van der Waals surface area contributed by atoms with Crippen LogP contribution in [-0.2, 0) is 0 Å². The van der Waals surface area contributed by atoms with E-state index in [1.807, 2.05) is 48.5 Å². The van der Waals surface area contributed by atoms with Gasteiger partial charge in [-0.05, 0) is 49.2 Å². The molecule has 1 saturated heterocycles. The van der Waals surface area contributed by atoms with Gasteiger partial charge in [0.05, 0.1) is 11.0 Å². The molecule has 1 aliphatic heterocycles. The number of carbonyl (C=O) groups excluding carboxylic acids is 1. The summed E-state index contributed by atoms with van der Waals surface area (Å²) in [6.07, 6.45) is 2.46. The SMILES string of the molecule is O=C(Nc1cc(-c2nc3ccccc3[nH]2)[nH]n1)c1ccc(N2CCCC2)cc1. The number of fused-ring (bicyclic) bond motifs is 1. The molecule has 0 atom stereocenters. The number of hydrogen-bond acceptors (Lipinski definition) is 4. The van der Waals surface area contributed by atoms with Crippen molar-refractivity contribution in [3.05, 3.63) is 60.2 Å². The maximum Gasteiger partial charge on any atom is 0.256 e. The summed E-state index contributed by atoms with van der Waals surface area (Å²) in [6.45, 7) is 2.17. The summed E-state index contributed by atoms with van der Waals surface area (Å²) < 4.78 is 0. The number of para-hydroxylation sites is 2. The van der Waals surface area contributed by atoms with Gasteiger partial charge in [-0.15, -0.1) is 0 Å². The van der Waals surface area contributed by atoms with Crippen LogP contribution in [0.2, 0.25) is 0 Å². The van der Waals surface area contributed by atoms with E-state index in [9.17, 15) is 4.79 Å². The zero-order valence-electron chi connectivity index (χ0n) is 15.3. The van der Waals surface area contributed by atoms with Gasteiger partial charge in [0.2, 0.25) is 0 Å².